The van der Waals surface area contributed by atoms with E-state index in [1.165, 1.54) is 0 Å². The lowest BCUT2D eigenvalue weighted by molar-refractivity contribution is -0.132. The van der Waals surface area contributed by atoms with Crippen molar-refractivity contribution >= 4 is 17.7 Å². The summed E-state index contributed by atoms with van der Waals surface area (Å²) in [5.74, 6) is 1.21. The van der Waals surface area contributed by atoms with Gasteiger partial charge >= 0.3 is 0 Å². The maximum atomic E-state index is 12.8. The van der Waals surface area contributed by atoms with Crippen LogP contribution in [-0.4, -0.2) is 31.6 Å². The SMILES string of the molecule is O=C(CCCSc1ccc(O)cc1)N(Cc1ccccn1)Cc1ccccn1. The highest BCUT2D eigenvalue weighted by Crippen LogP contribution is 2.22. The van der Waals surface area contributed by atoms with Crippen molar-refractivity contribution in [3.05, 3.63) is 84.4 Å². The molecule has 1 aromatic carbocycles. The van der Waals surface area contributed by atoms with E-state index in [2.05, 4.69) is 9.97 Å². The Morgan fingerprint density at radius 1 is 0.893 bits per heavy atom. The number of hydrogen-bond donors (Lipinski definition) is 1. The van der Waals surface area contributed by atoms with Crippen LogP contribution >= 0.6 is 11.8 Å². The second kappa shape index (κ2) is 10.5. The Morgan fingerprint density at radius 3 is 2.04 bits per heavy atom. The number of nitrogens with zero attached hydrogens (tertiary/aromatic N) is 3. The molecule has 2 aromatic heterocycles. The topological polar surface area (TPSA) is 66.3 Å². The molecule has 144 valence electrons. The number of aromatic hydroxyl groups is 1. The third kappa shape index (κ3) is 6.39. The Bertz CT molecular complexity index is 816. The fourth-order valence-corrected chi connectivity index (χ4v) is 3.57. The zero-order chi connectivity index (χ0) is 19.6. The first-order chi connectivity index (χ1) is 13.7. The summed E-state index contributed by atoms with van der Waals surface area (Å²) in [6.45, 7) is 0.947. The Balaban J connectivity index is 1.55. The average Bonchev–Trinajstić information content (AvgIpc) is 2.73. The van der Waals surface area contributed by atoms with Crippen LogP contribution in [0.4, 0.5) is 0 Å². The smallest absolute Gasteiger partial charge is 0.223 e. The lowest BCUT2D eigenvalue weighted by atomic mass is 10.2. The predicted octanol–water partition coefficient (Wildman–Crippen LogP) is 4.28. The van der Waals surface area contributed by atoms with Crippen LogP contribution in [0.2, 0.25) is 0 Å². The molecule has 0 saturated carbocycles. The molecule has 1 N–H and O–H groups in total. The molecular formula is C22H23N3O2S. The summed E-state index contributed by atoms with van der Waals surface area (Å²) in [5, 5.41) is 9.33. The van der Waals surface area contributed by atoms with Gasteiger partial charge in [0.15, 0.2) is 0 Å². The summed E-state index contributed by atoms with van der Waals surface area (Å²) >= 11 is 1.68. The third-order valence-corrected chi connectivity index (χ3v) is 5.25. The van der Waals surface area contributed by atoms with Crippen molar-refractivity contribution in [3.8, 4) is 5.75 Å². The van der Waals surface area contributed by atoms with Crippen LogP contribution in [0.3, 0.4) is 0 Å². The van der Waals surface area contributed by atoms with Crippen LogP contribution in [0.5, 0.6) is 5.75 Å². The second-order valence-electron chi connectivity index (χ2n) is 6.34. The molecular weight excluding hydrogens is 370 g/mol. The molecule has 2 heterocycles. The van der Waals surface area contributed by atoms with Gasteiger partial charge in [-0.05, 0) is 60.7 Å². The summed E-state index contributed by atoms with van der Waals surface area (Å²) in [4.78, 5) is 24.4. The molecule has 0 radical (unpaired) electrons. The molecule has 5 nitrogen and oxygen atoms in total. The monoisotopic (exact) mass is 393 g/mol. The highest BCUT2D eigenvalue weighted by molar-refractivity contribution is 7.99. The number of carbonyl (C=O) groups is 1. The molecule has 3 rings (SSSR count). The lowest BCUT2D eigenvalue weighted by Gasteiger charge is -2.22. The minimum atomic E-state index is 0.0996. The fraction of sp³-hybridized carbons (Fsp3) is 0.227. The Kier molecular flexibility index (Phi) is 7.44. The number of rotatable bonds is 9. The van der Waals surface area contributed by atoms with Crippen LogP contribution in [0, 0.1) is 0 Å². The van der Waals surface area contributed by atoms with Crippen LogP contribution < -0.4 is 0 Å². The molecule has 0 bridgehead atoms. The minimum absolute atomic E-state index is 0.0996. The number of aromatic nitrogens is 2. The number of phenolic OH excluding ortho intramolecular Hbond substituents is 1. The first-order valence-corrected chi connectivity index (χ1v) is 10.2. The van der Waals surface area contributed by atoms with Crippen molar-refractivity contribution in [3.63, 3.8) is 0 Å². The molecule has 0 aliphatic heterocycles. The van der Waals surface area contributed by atoms with E-state index in [4.69, 9.17) is 0 Å². The summed E-state index contributed by atoms with van der Waals surface area (Å²) in [6, 6.07) is 18.6. The highest BCUT2D eigenvalue weighted by atomic mass is 32.2. The molecule has 0 unspecified atom stereocenters. The average molecular weight is 394 g/mol. The molecule has 0 aliphatic rings. The van der Waals surface area contributed by atoms with E-state index in [9.17, 15) is 9.90 Å². The van der Waals surface area contributed by atoms with E-state index in [0.717, 1.165) is 28.5 Å². The summed E-state index contributed by atoms with van der Waals surface area (Å²) in [7, 11) is 0. The number of pyridine rings is 2. The number of phenols is 1. The number of carbonyl (C=O) groups excluding carboxylic acids is 1. The van der Waals surface area contributed by atoms with Crippen LogP contribution in [-0.2, 0) is 17.9 Å². The first-order valence-electron chi connectivity index (χ1n) is 9.20. The molecule has 0 fully saturated rings. The standard InChI is InChI=1S/C22H23N3O2S/c26-20-9-11-21(12-10-20)28-15-5-8-22(27)25(16-18-6-1-3-13-23-18)17-19-7-2-4-14-24-19/h1-4,6-7,9-14,26H,5,8,15-17H2. The number of thioether (sulfide) groups is 1. The fourth-order valence-electron chi connectivity index (χ4n) is 2.72. The van der Waals surface area contributed by atoms with Crippen molar-refractivity contribution in [2.24, 2.45) is 0 Å². The van der Waals surface area contributed by atoms with Crippen molar-refractivity contribution < 1.29 is 9.90 Å². The minimum Gasteiger partial charge on any atom is -0.508 e. The van der Waals surface area contributed by atoms with E-state index in [1.54, 1.807) is 36.3 Å². The molecule has 3 aromatic rings. The zero-order valence-corrected chi connectivity index (χ0v) is 16.4. The zero-order valence-electron chi connectivity index (χ0n) is 15.6. The molecule has 0 spiro atoms. The van der Waals surface area contributed by atoms with E-state index in [1.807, 2.05) is 53.4 Å². The lowest BCUT2D eigenvalue weighted by Crippen LogP contribution is -2.30. The van der Waals surface area contributed by atoms with Gasteiger partial charge in [-0.2, -0.15) is 0 Å². The van der Waals surface area contributed by atoms with Gasteiger partial charge in [-0.15, -0.1) is 11.8 Å². The summed E-state index contributed by atoms with van der Waals surface area (Å²) < 4.78 is 0. The van der Waals surface area contributed by atoms with Crippen molar-refractivity contribution in [2.45, 2.75) is 30.8 Å². The Labute approximate surface area is 169 Å². The largest absolute Gasteiger partial charge is 0.508 e. The van der Waals surface area contributed by atoms with Crippen molar-refractivity contribution in [1.82, 2.24) is 14.9 Å². The third-order valence-electron chi connectivity index (χ3n) is 4.15. The maximum Gasteiger partial charge on any atom is 0.223 e. The van der Waals surface area contributed by atoms with Gasteiger partial charge in [0.2, 0.25) is 5.91 Å². The number of amides is 1. The maximum absolute atomic E-state index is 12.8. The summed E-state index contributed by atoms with van der Waals surface area (Å²) in [6.07, 6.45) is 4.75. The van der Waals surface area contributed by atoms with E-state index >= 15 is 0 Å². The first kappa shape index (κ1) is 19.9. The van der Waals surface area contributed by atoms with E-state index in [-0.39, 0.29) is 11.7 Å². The van der Waals surface area contributed by atoms with Crippen LogP contribution in [0.25, 0.3) is 0 Å². The van der Waals surface area contributed by atoms with Crippen molar-refractivity contribution in [2.75, 3.05) is 5.75 Å². The van der Waals surface area contributed by atoms with Gasteiger partial charge < -0.3 is 10.0 Å². The molecule has 0 saturated heterocycles. The summed E-state index contributed by atoms with van der Waals surface area (Å²) in [5.41, 5.74) is 1.73. The molecule has 28 heavy (non-hydrogen) atoms. The highest BCUT2D eigenvalue weighted by Gasteiger charge is 2.15. The van der Waals surface area contributed by atoms with Gasteiger partial charge in [0.25, 0.3) is 0 Å². The van der Waals surface area contributed by atoms with E-state index < -0.39 is 0 Å². The van der Waals surface area contributed by atoms with Crippen LogP contribution in [0.1, 0.15) is 24.2 Å². The van der Waals surface area contributed by atoms with Gasteiger partial charge in [-0.25, -0.2) is 0 Å². The Morgan fingerprint density at radius 2 is 1.50 bits per heavy atom. The second-order valence-corrected chi connectivity index (χ2v) is 7.51. The van der Waals surface area contributed by atoms with Gasteiger partial charge in [0.05, 0.1) is 24.5 Å². The molecule has 6 heteroatoms. The molecule has 0 aliphatic carbocycles. The van der Waals surface area contributed by atoms with E-state index in [0.29, 0.717) is 19.5 Å². The quantitative estimate of drug-likeness (QED) is 0.434. The number of hydrogen-bond acceptors (Lipinski definition) is 5. The predicted molar refractivity (Wildman–Crippen MR) is 111 cm³/mol. The van der Waals surface area contributed by atoms with Crippen LogP contribution in [0.15, 0.2) is 78.0 Å². The Hall–Kier alpha value is -2.86. The number of benzene rings is 1. The van der Waals surface area contributed by atoms with Gasteiger partial charge in [-0.1, -0.05) is 12.1 Å². The molecule has 1 amide bonds. The van der Waals surface area contributed by atoms with Crippen molar-refractivity contribution in [1.29, 1.82) is 0 Å². The van der Waals surface area contributed by atoms with Gasteiger partial charge in [0, 0.05) is 23.7 Å². The van der Waals surface area contributed by atoms with Gasteiger partial charge in [0.1, 0.15) is 5.75 Å². The van der Waals surface area contributed by atoms with Gasteiger partial charge in [-0.3, -0.25) is 14.8 Å². The normalized spacial score (nSPS) is 10.6. The molecule has 0 atom stereocenters.